The molecule has 1 heterocycles. The molecule has 0 bridgehead atoms. The number of amidine groups is 1. The predicted octanol–water partition coefficient (Wildman–Crippen LogP) is 1.78. The molecule has 94 valence electrons. The number of carbonyl (C=O) groups excluding carboxylic acids is 1. The van der Waals surface area contributed by atoms with Crippen LogP contribution in [-0.2, 0) is 0 Å². The van der Waals surface area contributed by atoms with E-state index in [0.717, 1.165) is 16.7 Å². The van der Waals surface area contributed by atoms with E-state index in [-0.39, 0.29) is 5.17 Å². The van der Waals surface area contributed by atoms with Crippen LogP contribution in [0.4, 0.5) is 4.79 Å². The smallest absolute Gasteiger partial charge is 0.410 e. The monoisotopic (exact) mass is 267 g/mol. The first-order valence-corrected chi connectivity index (χ1v) is 6.05. The van der Waals surface area contributed by atoms with E-state index in [1.807, 2.05) is 0 Å². The molecule has 1 aliphatic rings. The van der Waals surface area contributed by atoms with Crippen LogP contribution in [0.2, 0.25) is 0 Å². The molecule has 0 spiro atoms. The molecule has 0 aliphatic carbocycles. The number of benzene rings is 1. The lowest BCUT2D eigenvalue weighted by molar-refractivity contribution is -0.485. The highest BCUT2D eigenvalue weighted by molar-refractivity contribution is 8.14. The van der Waals surface area contributed by atoms with Gasteiger partial charge in [-0.2, -0.15) is 0 Å². The Kier molecular flexibility index (Phi) is 3.78. The van der Waals surface area contributed by atoms with Gasteiger partial charge in [0.2, 0.25) is 5.17 Å². The standard InChI is InChI=1S/C10H9N3O4S/c14-10(17-8-4-2-1-3-5-8)12-6-7-18-9(12)11-13(15)16/h1-5H,6-7H2. The maximum Gasteiger partial charge on any atom is 0.421 e. The van der Waals surface area contributed by atoms with Crippen molar-refractivity contribution in [3.63, 3.8) is 0 Å². The largest absolute Gasteiger partial charge is 0.421 e. The first kappa shape index (κ1) is 12.4. The van der Waals surface area contributed by atoms with Gasteiger partial charge < -0.3 is 4.74 Å². The van der Waals surface area contributed by atoms with Gasteiger partial charge in [-0.1, -0.05) is 30.0 Å². The summed E-state index contributed by atoms with van der Waals surface area (Å²) in [5.41, 5.74) is 0. The Labute approximate surface area is 107 Å². The van der Waals surface area contributed by atoms with Crippen molar-refractivity contribution in [1.29, 1.82) is 0 Å². The summed E-state index contributed by atoms with van der Waals surface area (Å²) in [4.78, 5) is 23.3. The number of hydrazone groups is 1. The zero-order valence-corrected chi connectivity index (χ0v) is 10.0. The number of rotatable bonds is 2. The zero-order valence-electron chi connectivity index (χ0n) is 9.18. The molecule has 0 unspecified atom stereocenters. The van der Waals surface area contributed by atoms with Crippen molar-refractivity contribution in [3.8, 4) is 5.75 Å². The Morgan fingerprint density at radius 1 is 1.44 bits per heavy atom. The molecule has 1 saturated heterocycles. The van der Waals surface area contributed by atoms with E-state index < -0.39 is 11.1 Å². The van der Waals surface area contributed by atoms with Gasteiger partial charge in [-0.15, -0.1) is 0 Å². The maximum atomic E-state index is 11.8. The molecular formula is C10H9N3O4S. The molecule has 0 radical (unpaired) electrons. The molecule has 0 N–H and O–H groups in total. The molecule has 8 heteroatoms. The molecule has 0 saturated carbocycles. The Morgan fingerprint density at radius 2 is 2.17 bits per heavy atom. The Balaban J connectivity index is 2.07. The highest BCUT2D eigenvalue weighted by Gasteiger charge is 2.30. The zero-order chi connectivity index (χ0) is 13.0. The van der Waals surface area contributed by atoms with Crippen LogP contribution in [0.5, 0.6) is 5.75 Å². The minimum atomic E-state index is -0.823. The highest BCUT2D eigenvalue weighted by atomic mass is 32.2. The second kappa shape index (κ2) is 5.50. The van der Waals surface area contributed by atoms with Crippen molar-refractivity contribution in [2.75, 3.05) is 12.3 Å². The predicted molar refractivity (Wildman–Crippen MR) is 66.1 cm³/mol. The molecule has 0 aromatic heterocycles. The third-order valence-electron chi connectivity index (χ3n) is 2.11. The number of ether oxygens (including phenoxy) is 1. The van der Waals surface area contributed by atoms with Crippen LogP contribution >= 0.6 is 11.8 Å². The van der Waals surface area contributed by atoms with Crippen molar-refractivity contribution in [2.24, 2.45) is 5.10 Å². The third-order valence-corrected chi connectivity index (χ3v) is 3.06. The van der Waals surface area contributed by atoms with E-state index in [0.29, 0.717) is 18.0 Å². The number of hydrogen-bond donors (Lipinski definition) is 0. The topological polar surface area (TPSA) is 85.0 Å². The molecule has 1 aromatic rings. The molecule has 18 heavy (non-hydrogen) atoms. The fourth-order valence-corrected chi connectivity index (χ4v) is 2.27. The van der Waals surface area contributed by atoms with Crippen LogP contribution < -0.4 is 4.74 Å². The Morgan fingerprint density at radius 3 is 2.83 bits per heavy atom. The van der Waals surface area contributed by atoms with Crippen LogP contribution in [0.3, 0.4) is 0 Å². The summed E-state index contributed by atoms with van der Waals surface area (Å²) in [6, 6.07) is 8.51. The van der Waals surface area contributed by atoms with Crippen LogP contribution in [0.1, 0.15) is 0 Å². The highest BCUT2D eigenvalue weighted by Crippen LogP contribution is 2.20. The fraction of sp³-hybridized carbons (Fsp3) is 0.200. The normalized spacial score (nSPS) is 16.9. The van der Waals surface area contributed by atoms with Crippen molar-refractivity contribution in [3.05, 3.63) is 40.4 Å². The molecule has 1 fully saturated rings. The minimum Gasteiger partial charge on any atom is -0.410 e. The molecule has 7 nitrogen and oxygen atoms in total. The molecule has 1 amide bonds. The van der Waals surface area contributed by atoms with E-state index in [9.17, 15) is 14.9 Å². The second-order valence-electron chi connectivity index (χ2n) is 3.30. The van der Waals surface area contributed by atoms with Gasteiger partial charge in [0.05, 0.1) is 5.10 Å². The number of hydrogen-bond acceptors (Lipinski definition) is 5. The quantitative estimate of drug-likeness (QED) is 0.602. The number of thioether (sulfide) groups is 1. The molecule has 0 atom stereocenters. The van der Waals surface area contributed by atoms with Gasteiger partial charge in [-0.25, -0.2) is 19.8 Å². The van der Waals surface area contributed by atoms with E-state index in [1.165, 1.54) is 0 Å². The molecule has 1 aliphatic heterocycles. The van der Waals surface area contributed by atoms with Gasteiger partial charge in [0.1, 0.15) is 5.75 Å². The van der Waals surface area contributed by atoms with E-state index in [2.05, 4.69) is 5.10 Å². The van der Waals surface area contributed by atoms with Crippen LogP contribution in [0.15, 0.2) is 35.4 Å². The van der Waals surface area contributed by atoms with Crippen LogP contribution in [0, 0.1) is 10.1 Å². The number of nitrogens with zero attached hydrogens (tertiary/aromatic N) is 3. The third kappa shape index (κ3) is 2.98. The van der Waals surface area contributed by atoms with Gasteiger partial charge in [0.25, 0.3) is 0 Å². The van der Waals surface area contributed by atoms with Crippen molar-refractivity contribution in [1.82, 2.24) is 4.90 Å². The van der Waals surface area contributed by atoms with Gasteiger partial charge in [0.15, 0.2) is 5.03 Å². The van der Waals surface area contributed by atoms with Crippen LogP contribution in [-0.4, -0.2) is 33.5 Å². The lowest BCUT2D eigenvalue weighted by Gasteiger charge is -2.13. The summed E-state index contributed by atoms with van der Waals surface area (Å²) in [7, 11) is 0. The lowest BCUT2D eigenvalue weighted by Crippen LogP contribution is -2.34. The molecule has 2 rings (SSSR count). The first-order chi connectivity index (χ1) is 8.66. The number of carbonyl (C=O) groups is 1. The number of nitro groups is 1. The summed E-state index contributed by atoms with van der Waals surface area (Å²) in [5, 5.41) is 12.7. The second-order valence-corrected chi connectivity index (χ2v) is 4.36. The Bertz CT molecular complexity index is 491. The molecular weight excluding hydrogens is 258 g/mol. The van der Waals surface area contributed by atoms with E-state index in [4.69, 9.17) is 4.74 Å². The average Bonchev–Trinajstić information content (AvgIpc) is 2.77. The van der Waals surface area contributed by atoms with Gasteiger partial charge in [0, 0.05) is 12.3 Å². The van der Waals surface area contributed by atoms with Crippen molar-refractivity contribution in [2.45, 2.75) is 0 Å². The summed E-state index contributed by atoms with van der Waals surface area (Å²) in [6.07, 6.45) is -0.660. The molecule has 1 aromatic carbocycles. The number of amides is 1. The SMILES string of the molecule is O=C(Oc1ccccc1)N1CCSC1=N[N+](=O)[O-]. The minimum absolute atomic E-state index is 0.0564. The van der Waals surface area contributed by atoms with Gasteiger partial charge in [-0.05, 0) is 12.1 Å². The van der Waals surface area contributed by atoms with Gasteiger partial charge in [-0.3, -0.25) is 0 Å². The van der Waals surface area contributed by atoms with Crippen LogP contribution in [0.25, 0.3) is 0 Å². The fourth-order valence-electron chi connectivity index (χ4n) is 1.37. The Hall–Kier alpha value is -2.09. The van der Waals surface area contributed by atoms with E-state index >= 15 is 0 Å². The van der Waals surface area contributed by atoms with E-state index in [1.54, 1.807) is 30.3 Å². The maximum absolute atomic E-state index is 11.8. The van der Waals surface area contributed by atoms with Crippen molar-refractivity contribution < 1.29 is 14.6 Å². The first-order valence-electron chi connectivity index (χ1n) is 5.07. The number of para-hydroxylation sites is 1. The van der Waals surface area contributed by atoms with Gasteiger partial charge >= 0.3 is 6.09 Å². The van der Waals surface area contributed by atoms with Crippen molar-refractivity contribution >= 4 is 23.0 Å². The lowest BCUT2D eigenvalue weighted by atomic mass is 10.3. The summed E-state index contributed by atoms with van der Waals surface area (Å²) in [6.45, 7) is 0.350. The summed E-state index contributed by atoms with van der Waals surface area (Å²) >= 11 is 1.15. The summed E-state index contributed by atoms with van der Waals surface area (Å²) in [5.74, 6) is 0.955. The average molecular weight is 267 g/mol. The summed E-state index contributed by atoms with van der Waals surface area (Å²) < 4.78 is 5.08.